The molecule has 0 aromatic heterocycles. The number of hydrogen-bond acceptors (Lipinski definition) is 5. The lowest BCUT2D eigenvalue weighted by atomic mass is 9.94. The van der Waals surface area contributed by atoms with Crippen LogP contribution in [0, 0.1) is 18.6 Å². The number of amides is 1. The standard InChI is InChI=1S/C29H32F2N2O5S/c1-18-7-6-8-22(13-18)39(36,37)33-17-21(16-28(2,3)32-27(34)29(4,5)35)38-26-12-9-19(14-25(26)33)23-15-20(30)10-11-24(23)31/h6-15,21,35H,16-17H2,1-5H3,(H,32,34)/t21-/m1/s1. The normalized spacial score (nSPS) is 15.9. The molecule has 39 heavy (non-hydrogen) atoms. The largest absolute Gasteiger partial charge is 0.486 e. The number of fused-ring (bicyclic) bond motifs is 1. The third kappa shape index (κ3) is 6.23. The average molecular weight is 559 g/mol. The number of nitrogens with one attached hydrogen (secondary N) is 1. The summed E-state index contributed by atoms with van der Waals surface area (Å²) in [5, 5.41) is 12.8. The molecule has 0 saturated carbocycles. The summed E-state index contributed by atoms with van der Waals surface area (Å²) in [6.07, 6.45) is -0.458. The molecule has 2 N–H and O–H groups in total. The molecule has 3 aromatic rings. The molecule has 0 aliphatic carbocycles. The second-order valence-corrected chi connectivity index (χ2v) is 12.9. The summed E-state index contributed by atoms with van der Waals surface area (Å²) in [5.41, 5.74) is -1.24. The number of anilines is 1. The number of aliphatic hydroxyl groups is 1. The molecule has 1 aliphatic heterocycles. The first-order valence-electron chi connectivity index (χ1n) is 12.5. The number of halogens is 2. The van der Waals surface area contributed by atoms with E-state index in [1.54, 1.807) is 39.0 Å². The molecule has 0 unspecified atom stereocenters. The number of aryl methyl sites for hydroxylation is 1. The smallest absolute Gasteiger partial charge is 0.264 e. The molecular weight excluding hydrogens is 526 g/mol. The van der Waals surface area contributed by atoms with Gasteiger partial charge in [-0.25, -0.2) is 17.2 Å². The van der Waals surface area contributed by atoms with Crippen molar-refractivity contribution in [1.82, 2.24) is 5.32 Å². The molecule has 10 heteroatoms. The van der Waals surface area contributed by atoms with Crippen molar-refractivity contribution in [2.24, 2.45) is 0 Å². The Hall–Kier alpha value is -3.50. The monoisotopic (exact) mass is 558 g/mol. The Bertz CT molecular complexity index is 1520. The van der Waals surface area contributed by atoms with Crippen LogP contribution in [0.3, 0.4) is 0 Å². The Morgan fingerprint density at radius 2 is 1.79 bits per heavy atom. The maximum Gasteiger partial charge on any atom is 0.264 e. The first-order chi connectivity index (χ1) is 18.1. The van der Waals surface area contributed by atoms with Gasteiger partial charge in [0, 0.05) is 17.5 Å². The molecule has 1 heterocycles. The van der Waals surface area contributed by atoms with E-state index in [9.17, 15) is 27.1 Å². The zero-order chi connectivity index (χ0) is 28.8. The van der Waals surface area contributed by atoms with E-state index in [1.807, 2.05) is 0 Å². The van der Waals surface area contributed by atoms with Crippen molar-refractivity contribution in [3.8, 4) is 16.9 Å². The SMILES string of the molecule is Cc1cccc(S(=O)(=O)N2C[C@@H](CC(C)(C)NC(=O)C(C)(C)O)Oc3ccc(-c4cc(F)ccc4F)cc32)c1. The average Bonchev–Trinajstić information content (AvgIpc) is 2.83. The number of hydrogen-bond donors (Lipinski definition) is 2. The second kappa shape index (κ2) is 10.2. The maximum atomic E-state index is 14.6. The molecule has 1 amide bonds. The molecule has 1 atom stereocenters. The molecule has 3 aromatic carbocycles. The molecule has 1 aliphatic rings. The van der Waals surface area contributed by atoms with Crippen LogP contribution < -0.4 is 14.4 Å². The zero-order valence-corrected chi connectivity index (χ0v) is 23.3. The van der Waals surface area contributed by atoms with E-state index in [0.717, 1.165) is 23.8 Å². The van der Waals surface area contributed by atoms with Gasteiger partial charge in [0.25, 0.3) is 15.9 Å². The molecule has 4 rings (SSSR count). The van der Waals surface area contributed by atoms with E-state index >= 15 is 0 Å². The van der Waals surface area contributed by atoms with Crippen LogP contribution in [0.1, 0.15) is 39.7 Å². The molecule has 0 fully saturated rings. The predicted octanol–water partition coefficient (Wildman–Crippen LogP) is 4.95. The van der Waals surface area contributed by atoms with E-state index in [1.165, 1.54) is 42.4 Å². The van der Waals surface area contributed by atoms with Gasteiger partial charge < -0.3 is 15.2 Å². The Labute approximate surface area is 227 Å². The second-order valence-electron chi connectivity index (χ2n) is 11.0. The van der Waals surface area contributed by atoms with Gasteiger partial charge in [0.2, 0.25) is 0 Å². The van der Waals surface area contributed by atoms with Gasteiger partial charge in [-0.2, -0.15) is 0 Å². The van der Waals surface area contributed by atoms with E-state index in [4.69, 9.17) is 4.74 Å². The number of benzene rings is 3. The highest BCUT2D eigenvalue weighted by molar-refractivity contribution is 7.92. The van der Waals surface area contributed by atoms with Gasteiger partial charge in [0.05, 0.1) is 17.1 Å². The Morgan fingerprint density at radius 1 is 1.08 bits per heavy atom. The quantitative estimate of drug-likeness (QED) is 0.428. The lowest BCUT2D eigenvalue weighted by Crippen LogP contribution is -2.55. The van der Waals surface area contributed by atoms with Crippen molar-refractivity contribution in [3.05, 3.63) is 77.9 Å². The van der Waals surface area contributed by atoms with Crippen molar-refractivity contribution in [3.63, 3.8) is 0 Å². The first-order valence-corrected chi connectivity index (χ1v) is 13.9. The van der Waals surface area contributed by atoms with E-state index < -0.39 is 44.8 Å². The summed E-state index contributed by atoms with van der Waals surface area (Å²) < 4.78 is 63.7. The van der Waals surface area contributed by atoms with Crippen LogP contribution in [0.2, 0.25) is 0 Å². The van der Waals surface area contributed by atoms with Crippen LogP contribution in [0.5, 0.6) is 5.75 Å². The Balaban J connectivity index is 1.77. The first kappa shape index (κ1) is 28.5. The Morgan fingerprint density at radius 3 is 2.46 bits per heavy atom. The number of carbonyl (C=O) groups excluding carboxylic acids is 1. The molecule has 208 valence electrons. The van der Waals surface area contributed by atoms with Gasteiger partial charge in [0.1, 0.15) is 29.1 Å². The summed E-state index contributed by atoms with van der Waals surface area (Å²) in [6.45, 7) is 7.95. The summed E-state index contributed by atoms with van der Waals surface area (Å²) in [5.74, 6) is -1.61. The van der Waals surface area contributed by atoms with Gasteiger partial charge in [-0.1, -0.05) is 18.2 Å². The topological polar surface area (TPSA) is 95.9 Å². The lowest BCUT2D eigenvalue weighted by molar-refractivity contribution is -0.138. The van der Waals surface area contributed by atoms with Crippen molar-refractivity contribution in [2.75, 3.05) is 10.8 Å². The van der Waals surface area contributed by atoms with E-state index in [0.29, 0.717) is 0 Å². The summed E-state index contributed by atoms with van der Waals surface area (Å²) >= 11 is 0. The van der Waals surface area contributed by atoms with Crippen molar-refractivity contribution in [1.29, 1.82) is 0 Å². The van der Waals surface area contributed by atoms with Crippen LogP contribution in [0.15, 0.2) is 65.6 Å². The molecule has 0 bridgehead atoms. The number of nitrogens with zero attached hydrogens (tertiary/aromatic N) is 1. The van der Waals surface area contributed by atoms with Crippen molar-refractivity contribution >= 4 is 21.6 Å². The number of carbonyl (C=O) groups is 1. The lowest BCUT2D eigenvalue weighted by Gasteiger charge is -2.39. The molecule has 7 nitrogen and oxygen atoms in total. The molecular formula is C29H32F2N2O5S. The minimum Gasteiger partial charge on any atom is -0.486 e. The minimum atomic E-state index is -4.09. The van der Waals surface area contributed by atoms with E-state index in [-0.39, 0.29) is 40.4 Å². The predicted molar refractivity (Wildman–Crippen MR) is 145 cm³/mol. The minimum absolute atomic E-state index is 0.0108. The zero-order valence-electron chi connectivity index (χ0n) is 22.5. The molecule has 0 spiro atoms. The number of ether oxygens (including phenoxy) is 1. The van der Waals surface area contributed by atoms with Crippen LogP contribution in [-0.2, 0) is 14.8 Å². The highest BCUT2D eigenvalue weighted by atomic mass is 32.2. The van der Waals surface area contributed by atoms with Gasteiger partial charge in [0.15, 0.2) is 0 Å². The van der Waals surface area contributed by atoms with Crippen molar-refractivity contribution in [2.45, 2.75) is 63.2 Å². The van der Waals surface area contributed by atoms with Crippen LogP contribution in [0.25, 0.3) is 11.1 Å². The Kier molecular flexibility index (Phi) is 7.48. The van der Waals surface area contributed by atoms with Gasteiger partial charge >= 0.3 is 0 Å². The fraction of sp³-hybridized carbons (Fsp3) is 0.345. The highest BCUT2D eigenvalue weighted by Crippen LogP contribution is 2.41. The van der Waals surface area contributed by atoms with Crippen LogP contribution in [0.4, 0.5) is 14.5 Å². The van der Waals surface area contributed by atoms with E-state index in [2.05, 4.69) is 5.32 Å². The van der Waals surface area contributed by atoms with Crippen molar-refractivity contribution < 1.29 is 31.8 Å². The fourth-order valence-electron chi connectivity index (χ4n) is 4.52. The number of rotatable bonds is 7. The van der Waals surface area contributed by atoms with Gasteiger partial charge in [-0.05, 0) is 88.2 Å². The van der Waals surface area contributed by atoms with Gasteiger partial charge in [-0.3, -0.25) is 9.10 Å². The third-order valence-electron chi connectivity index (χ3n) is 6.45. The highest BCUT2D eigenvalue weighted by Gasteiger charge is 2.39. The fourth-order valence-corrected chi connectivity index (χ4v) is 6.12. The molecule has 0 radical (unpaired) electrons. The van der Waals surface area contributed by atoms with Crippen LogP contribution >= 0.6 is 0 Å². The third-order valence-corrected chi connectivity index (χ3v) is 8.23. The van der Waals surface area contributed by atoms with Gasteiger partial charge in [-0.15, -0.1) is 0 Å². The summed E-state index contributed by atoms with van der Waals surface area (Å²) in [7, 11) is -4.09. The summed E-state index contributed by atoms with van der Waals surface area (Å²) in [6, 6.07) is 14.1. The number of sulfonamides is 1. The summed E-state index contributed by atoms with van der Waals surface area (Å²) in [4.78, 5) is 12.5. The maximum absolute atomic E-state index is 14.6. The molecule has 0 saturated heterocycles. The van der Waals surface area contributed by atoms with Crippen LogP contribution in [-0.4, -0.2) is 43.2 Å².